The predicted octanol–water partition coefficient (Wildman–Crippen LogP) is 9.14. The van der Waals surface area contributed by atoms with E-state index in [0.29, 0.717) is 0 Å². The van der Waals surface area contributed by atoms with E-state index in [1.807, 2.05) is 48.9 Å². The van der Waals surface area contributed by atoms with E-state index in [4.69, 9.17) is 9.72 Å². The minimum Gasteiger partial charge on any atom is -0.457 e. The van der Waals surface area contributed by atoms with Crippen LogP contribution in [0.3, 0.4) is 0 Å². The first kappa shape index (κ1) is 28.4. The maximum atomic E-state index is 6.62. The molecule has 0 bridgehead atoms. The molecule has 6 aromatic carbocycles. The van der Waals surface area contributed by atoms with Crippen molar-refractivity contribution in [1.82, 2.24) is 19.0 Å². The number of pyridine rings is 1. The van der Waals surface area contributed by atoms with E-state index in [2.05, 4.69) is 141 Å². The lowest BCUT2D eigenvalue weighted by Crippen LogP contribution is -2.48. The van der Waals surface area contributed by atoms with Crippen molar-refractivity contribution in [3.63, 3.8) is 0 Å². The molecule has 0 saturated heterocycles. The lowest BCUT2D eigenvalue weighted by molar-refractivity contribution is 0.483. The Morgan fingerprint density at radius 2 is 1.26 bits per heavy atom. The molecule has 0 amide bonds. The molecular weight excluding hydrogens is 611 g/mol. The van der Waals surface area contributed by atoms with E-state index >= 15 is 0 Å². The van der Waals surface area contributed by atoms with Crippen LogP contribution in [0.2, 0.25) is 0 Å². The molecule has 0 aliphatic carbocycles. The molecular formula is C44H29BN4O. The number of nitrogens with zero attached hydrogens (tertiary/aromatic N) is 4. The van der Waals surface area contributed by atoms with Gasteiger partial charge in [0.15, 0.2) is 0 Å². The van der Waals surface area contributed by atoms with Gasteiger partial charge in [-0.05, 0) is 59.1 Å². The van der Waals surface area contributed by atoms with Crippen molar-refractivity contribution in [3.05, 3.63) is 176 Å². The third-order valence-corrected chi connectivity index (χ3v) is 9.78. The number of hydrogen-bond acceptors (Lipinski definition) is 3. The quantitative estimate of drug-likeness (QED) is 0.176. The molecule has 9 aromatic rings. The molecule has 1 aliphatic heterocycles. The number of hydrogen-bond donors (Lipinski definition) is 0. The molecule has 0 radical (unpaired) electrons. The molecule has 50 heavy (non-hydrogen) atoms. The van der Waals surface area contributed by atoms with E-state index < -0.39 is 0 Å². The zero-order chi connectivity index (χ0) is 33.0. The third kappa shape index (κ3) is 4.50. The van der Waals surface area contributed by atoms with Crippen molar-refractivity contribution in [3.8, 4) is 51.0 Å². The lowest BCUT2D eigenvalue weighted by atomic mass is 9.49. The first-order valence-electron chi connectivity index (χ1n) is 16.9. The van der Waals surface area contributed by atoms with Crippen LogP contribution in [-0.4, -0.2) is 25.9 Å². The Balaban J connectivity index is 1.10. The van der Waals surface area contributed by atoms with Gasteiger partial charge in [-0.2, -0.15) is 0 Å². The monoisotopic (exact) mass is 640 g/mol. The standard InChI is InChI=1S/C44H29BN4O/c1-2-14-31(15-3-1)45-39-21-8-6-18-35(39)34-17-4-5-20-38(34)44-43(47-29-48(44)45)30-13-12-16-32(27-30)50-33-24-25-37-36-19-7-9-22-40(36)49(41(37)28-33)42-23-10-11-26-46-42/h1-29H. The van der Waals surface area contributed by atoms with Crippen LogP contribution < -0.4 is 15.7 Å². The van der Waals surface area contributed by atoms with Gasteiger partial charge in [-0.25, -0.2) is 9.97 Å². The number of benzene rings is 6. The smallest absolute Gasteiger partial charge is 0.329 e. The maximum absolute atomic E-state index is 6.62. The second kappa shape index (κ2) is 11.5. The Morgan fingerprint density at radius 3 is 2.14 bits per heavy atom. The first-order chi connectivity index (χ1) is 24.8. The summed E-state index contributed by atoms with van der Waals surface area (Å²) in [6, 6.07) is 57.2. The van der Waals surface area contributed by atoms with E-state index in [-0.39, 0.29) is 6.85 Å². The van der Waals surface area contributed by atoms with Crippen LogP contribution in [0.5, 0.6) is 11.5 Å². The summed E-state index contributed by atoms with van der Waals surface area (Å²) >= 11 is 0. The number of rotatable bonds is 5. The molecule has 0 saturated carbocycles. The van der Waals surface area contributed by atoms with E-state index in [0.717, 1.165) is 56.3 Å². The third-order valence-electron chi connectivity index (χ3n) is 9.78. The summed E-state index contributed by atoms with van der Waals surface area (Å²) in [5.74, 6) is 2.37. The van der Waals surface area contributed by atoms with Crippen molar-refractivity contribution in [2.24, 2.45) is 0 Å². The minimum atomic E-state index is -0.0342. The summed E-state index contributed by atoms with van der Waals surface area (Å²) in [5.41, 5.74) is 11.2. The van der Waals surface area contributed by atoms with E-state index in [9.17, 15) is 0 Å². The molecule has 10 rings (SSSR count). The highest BCUT2D eigenvalue weighted by Gasteiger charge is 2.33. The van der Waals surface area contributed by atoms with Crippen molar-refractivity contribution in [1.29, 1.82) is 0 Å². The second-order valence-electron chi connectivity index (χ2n) is 12.6. The first-order valence-corrected chi connectivity index (χ1v) is 16.9. The fourth-order valence-corrected chi connectivity index (χ4v) is 7.65. The van der Waals surface area contributed by atoms with Crippen LogP contribution in [-0.2, 0) is 0 Å². The maximum Gasteiger partial charge on any atom is 0.329 e. The Hall–Kier alpha value is -6.66. The van der Waals surface area contributed by atoms with Gasteiger partial charge < -0.3 is 9.21 Å². The number of ether oxygens (including phenoxy) is 1. The van der Waals surface area contributed by atoms with Crippen molar-refractivity contribution in [2.45, 2.75) is 0 Å². The van der Waals surface area contributed by atoms with Gasteiger partial charge in [0.1, 0.15) is 17.3 Å². The average molecular weight is 641 g/mol. The number of imidazole rings is 1. The van der Waals surface area contributed by atoms with Gasteiger partial charge in [0.05, 0.1) is 28.7 Å². The average Bonchev–Trinajstić information content (AvgIpc) is 3.72. The molecule has 3 aromatic heterocycles. The molecule has 234 valence electrons. The van der Waals surface area contributed by atoms with E-state index in [1.54, 1.807) is 0 Å². The number of para-hydroxylation sites is 1. The molecule has 0 fully saturated rings. The van der Waals surface area contributed by atoms with Crippen LogP contribution in [0.25, 0.3) is 61.3 Å². The Kier molecular flexibility index (Phi) is 6.52. The molecule has 5 nitrogen and oxygen atoms in total. The van der Waals surface area contributed by atoms with Crippen LogP contribution in [0.4, 0.5) is 0 Å². The molecule has 0 spiro atoms. The van der Waals surface area contributed by atoms with Crippen LogP contribution in [0.15, 0.2) is 176 Å². The molecule has 0 unspecified atom stereocenters. The SMILES string of the molecule is c1ccc(B2c3ccccc3-c3ccccc3-c3c(-c4cccc(Oc5ccc6c7ccccc7n(-c7ccccn7)c6c5)c4)ncn32)cc1. The van der Waals surface area contributed by atoms with Gasteiger partial charge in [-0.15, -0.1) is 0 Å². The predicted molar refractivity (Wildman–Crippen MR) is 204 cm³/mol. The van der Waals surface area contributed by atoms with Gasteiger partial charge in [0.25, 0.3) is 0 Å². The summed E-state index contributed by atoms with van der Waals surface area (Å²) in [4.78, 5) is 9.80. The molecule has 1 aliphatic rings. The van der Waals surface area contributed by atoms with Gasteiger partial charge in [-0.1, -0.05) is 121 Å². The fraction of sp³-hybridized carbons (Fsp3) is 0. The van der Waals surface area contributed by atoms with Crippen molar-refractivity contribution >= 4 is 39.6 Å². The summed E-state index contributed by atoms with van der Waals surface area (Å²) in [6.07, 6.45) is 3.83. The topological polar surface area (TPSA) is 44.9 Å². The Morgan fingerprint density at radius 1 is 0.520 bits per heavy atom. The molecule has 4 heterocycles. The number of fused-ring (bicyclic) bond motifs is 8. The molecule has 0 N–H and O–H groups in total. The fourth-order valence-electron chi connectivity index (χ4n) is 7.65. The summed E-state index contributed by atoms with van der Waals surface area (Å²) in [7, 11) is 0. The van der Waals surface area contributed by atoms with Crippen molar-refractivity contribution < 1.29 is 4.74 Å². The highest BCUT2D eigenvalue weighted by atomic mass is 16.5. The van der Waals surface area contributed by atoms with Crippen LogP contribution in [0, 0.1) is 0 Å². The Bertz CT molecular complexity index is 2700. The van der Waals surface area contributed by atoms with Gasteiger partial charge >= 0.3 is 6.85 Å². The highest BCUT2D eigenvalue weighted by Crippen LogP contribution is 2.41. The van der Waals surface area contributed by atoms with Gasteiger partial charge in [-0.3, -0.25) is 4.57 Å². The van der Waals surface area contributed by atoms with Crippen molar-refractivity contribution in [2.75, 3.05) is 0 Å². The largest absolute Gasteiger partial charge is 0.457 e. The zero-order valence-electron chi connectivity index (χ0n) is 27.0. The van der Waals surface area contributed by atoms with Crippen LogP contribution in [0.1, 0.15) is 0 Å². The van der Waals surface area contributed by atoms with E-state index in [1.165, 1.54) is 27.4 Å². The summed E-state index contributed by atoms with van der Waals surface area (Å²) in [6.45, 7) is -0.0342. The normalized spacial score (nSPS) is 12.0. The lowest BCUT2D eigenvalue weighted by Gasteiger charge is -2.18. The number of aromatic nitrogens is 4. The minimum absolute atomic E-state index is 0.0342. The van der Waals surface area contributed by atoms with Gasteiger partial charge in [0, 0.05) is 34.2 Å². The molecule has 6 heteroatoms. The Labute approximate surface area is 289 Å². The second-order valence-corrected chi connectivity index (χ2v) is 12.6. The summed E-state index contributed by atoms with van der Waals surface area (Å²) < 4.78 is 11.2. The van der Waals surface area contributed by atoms with Crippen LogP contribution >= 0.6 is 0 Å². The zero-order valence-corrected chi connectivity index (χ0v) is 27.0. The summed E-state index contributed by atoms with van der Waals surface area (Å²) in [5, 5.41) is 2.33. The molecule has 0 atom stereocenters. The highest BCUT2D eigenvalue weighted by molar-refractivity contribution is 6.85. The van der Waals surface area contributed by atoms with Gasteiger partial charge in [0.2, 0.25) is 0 Å².